The van der Waals surface area contributed by atoms with E-state index in [0.29, 0.717) is 13.0 Å². The molecule has 1 aliphatic rings. The van der Waals surface area contributed by atoms with Crippen LogP contribution >= 0.6 is 0 Å². The van der Waals surface area contributed by atoms with Crippen LogP contribution in [0.15, 0.2) is 0 Å². The lowest BCUT2D eigenvalue weighted by Gasteiger charge is -2.21. The molecule has 1 saturated heterocycles. The molecule has 0 spiro atoms. The Morgan fingerprint density at radius 1 is 1.25 bits per heavy atom. The predicted molar refractivity (Wildman–Crippen MR) is 43.1 cm³/mol. The van der Waals surface area contributed by atoms with Crippen molar-refractivity contribution in [3.05, 3.63) is 0 Å². The Morgan fingerprint density at radius 3 is 1.92 bits per heavy atom. The summed E-state index contributed by atoms with van der Waals surface area (Å²) >= 11 is 0. The van der Waals surface area contributed by atoms with E-state index >= 15 is 0 Å². The van der Waals surface area contributed by atoms with Gasteiger partial charge in [-0.05, 0) is 26.4 Å². The third-order valence-corrected chi connectivity index (χ3v) is 1.90. The van der Waals surface area contributed by atoms with Crippen LogP contribution in [0, 0.1) is 0 Å². The average Bonchev–Trinajstić information content (AvgIpc) is 2.38. The van der Waals surface area contributed by atoms with Gasteiger partial charge in [-0.25, -0.2) is 0 Å². The first-order valence-corrected chi connectivity index (χ1v) is 4.29. The quantitative estimate of drug-likeness (QED) is 0.558. The average molecular weight is 183 g/mol. The van der Waals surface area contributed by atoms with Gasteiger partial charge in [-0.2, -0.15) is 13.2 Å². The summed E-state index contributed by atoms with van der Waals surface area (Å²) in [6.07, 6.45) is -3.09. The topological polar surface area (TPSA) is 3.24 Å². The van der Waals surface area contributed by atoms with Gasteiger partial charge in [0, 0.05) is 0 Å². The van der Waals surface area contributed by atoms with Crippen LogP contribution in [-0.4, -0.2) is 30.7 Å². The van der Waals surface area contributed by atoms with Crippen LogP contribution in [0.25, 0.3) is 0 Å². The van der Waals surface area contributed by atoms with Gasteiger partial charge in [-0.1, -0.05) is 13.8 Å². The Labute approximate surface area is 71.6 Å². The molecule has 1 unspecified atom stereocenters. The summed E-state index contributed by atoms with van der Waals surface area (Å²) < 4.78 is 35.9. The van der Waals surface area contributed by atoms with Crippen LogP contribution < -0.4 is 0 Å². The maximum atomic E-state index is 12.0. The summed E-state index contributed by atoms with van der Waals surface area (Å²) in [6, 6.07) is -1.19. The molecule has 1 atom stereocenters. The van der Waals surface area contributed by atoms with Crippen molar-refractivity contribution in [2.24, 2.45) is 0 Å². The lowest BCUT2D eigenvalue weighted by molar-refractivity contribution is -0.172. The molecular weight excluding hydrogens is 167 g/mol. The molecule has 0 bridgehead atoms. The Bertz CT molecular complexity index is 122. The van der Waals surface area contributed by atoms with E-state index in [2.05, 4.69) is 0 Å². The van der Waals surface area contributed by atoms with Crippen molar-refractivity contribution in [2.75, 3.05) is 13.6 Å². The summed E-state index contributed by atoms with van der Waals surface area (Å²) in [5.41, 5.74) is 0. The smallest absolute Gasteiger partial charge is 0.295 e. The number of likely N-dealkylation sites (tertiary alicyclic amines) is 1. The highest BCUT2D eigenvalue weighted by atomic mass is 19.4. The molecule has 4 heteroatoms. The van der Waals surface area contributed by atoms with Crippen molar-refractivity contribution in [1.29, 1.82) is 0 Å². The Morgan fingerprint density at radius 2 is 1.75 bits per heavy atom. The van der Waals surface area contributed by atoms with Crippen LogP contribution in [0.1, 0.15) is 26.7 Å². The van der Waals surface area contributed by atoms with E-state index in [4.69, 9.17) is 0 Å². The molecule has 1 aliphatic heterocycles. The molecule has 0 aromatic rings. The first-order valence-electron chi connectivity index (χ1n) is 4.29. The molecule has 1 fully saturated rings. The van der Waals surface area contributed by atoms with E-state index in [1.807, 2.05) is 13.8 Å². The van der Waals surface area contributed by atoms with Crippen molar-refractivity contribution >= 4 is 0 Å². The molecule has 1 nitrogen and oxygen atoms in total. The molecule has 12 heavy (non-hydrogen) atoms. The number of hydrogen-bond donors (Lipinski definition) is 0. The molecular formula is C8H16F3N. The van der Waals surface area contributed by atoms with Gasteiger partial charge < -0.3 is 0 Å². The normalized spacial score (nSPS) is 25.0. The number of nitrogens with zero attached hydrogens (tertiary/aromatic N) is 1. The van der Waals surface area contributed by atoms with Crippen LogP contribution in [-0.2, 0) is 0 Å². The fraction of sp³-hybridized carbons (Fsp3) is 1.00. The number of alkyl halides is 3. The van der Waals surface area contributed by atoms with Gasteiger partial charge in [0.15, 0.2) is 0 Å². The van der Waals surface area contributed by atoms with Gasteiger partial charge >= 0.3 is 6.18 Å². The molecule has 0 aromatic carbocycles. The van der Waals surface area contributed by atoms with Crippen molar-refractivity contribution in [1.82, 2.24) is 4.90 Å². The maximum absolute atomic E-state index is 12.0. The Balaban J connectivity index is 0.000000561. The second kappa shape index (κ2) is 4.70. The number of rotatable bonds is 0. The molecule has 74 valence electrons. The van der Waals surface area contributed by atoms with Crippen LogP contribution in [0.4, 0.5) is 13.2 Å². The molecule has 0 N–H and O–H groups in total. The summed E-state index contributed by atoms with van der Waals surface area (Å²) in [4.78, 5) is 1.36. The lowest BCUT2D eigenvalue weighted by Crippen LogP contribution is -2.38. The summed E-state index contributed by atoms with van der Waals surface area (Å²) in [5, 5.41) is 0. The van der Waals surface area contributed by atoms with E-state index < -0.39 is 12.2 Å². The van der Waals surface area contributed by atoms with Gasteiger partial charge in [0.1, 0.15) is 6.04 Å². The van der Waals surface area contributed by atoms with E-state index in [-0.39, 0.29) is 6.42 Å². The standard InChI is InChI=1S/C6H10F3N.C2H6/c1-10-4-2-3-5(10)6(7,8)9;1-2/h5H,2-4H2,1H3;1-2H3. The van der Waals surface area contributed by atoms with Crippen molar-refractivity contribution in [3.63, 3.8) is 0 Å². The summed E-state index contributed by atoms with van der Waals surface area (Å²) in [7, 11) is 1.52. The van der Waals surface area contributed by atoms with Crippen molar-refractivity contribution < 1.29 is 13.2 Å². The first kappa shape index (κ1) is 11.8. The van der Waals surface area contributed by atoms with E-state index in [0.717, 1.165) is 0 Å². The zero-order valence-corrected chi connectivity index (χ0v) is 7.78. The van der Waals surface area contributed by atoms with E-state index in [1.54, 1.807) is 0 Å². The van der Waals surface area contributed by atoms with Crippen LogP contribution in [0.5, 0.6) is 0 Å². The minimum Gasteiger partial charge on any atom is -0.295 e. The SMILES string of the molecule is CC.CN1CCCC1C(F)(F)F. The third-order valence-electron chi connectivity index (χ3n) is 1.90. The minimum absolute atomic E-state index is 0.264. The van der Waals surface area contributed by atoms with Crippen molar-refractivity contribution in [3.8, 4) is 0 Å². The predicted octanol–water partition coefficient (Wildman–Crippen LogP) is 2.67. The molecule has 1 heterocycles. The fourth-order valence-corrected chi connectivity index (χ4v) is 1.32. The van der Waals surface area contributed by atoms with Gasteiger partial charge in [0.25, 0.3) is 0 Å². The third kappa shape index (κ3) is 3.01. The zero-order chi connectivity index (χ0) is 9.78. The molecule has 0 radical (unpaired) electrons. The van der Waals surface area contributed by atoms with Crippen molar-refractivity contribution in [2.45, 2.75) is 38.9 Å². The zero-order valence-electron chi connectivity index (χ0n) is 7.78. The van der Waals surface area contributed by atoms with E-state index in [9.17, 15) is 13.2 Å². The van der Waals surface area contributed by atoms with Crippen LogP contribution in [0.2, 0.25) is 0 Å². The van der Waals surface area contributed by atoms with Gasteiger partial charge in [-0.15, -0.1) is 0 Å². The highest BCUT2D eigenvalue weighted by Crippen LogP contribution is 2.30. The van der Waals surface area contributed by atoms with Gasteiger partial charge in [0.2, 0.25) is 0 Å². The first-order chi connectivity index (χ1) is 5.52. The maximum Gasteiger partial charge on any atom is 0.404 e. The molecule has 1 rings (SSSR count). The monoisotopic (exact) mass is 183 g/mol. The second-order valence-corrected chi connectivity index (χ2v) is 2.68. The lowest BCUT2D eigenvalue weighted by atomic mass is 10.2. The fourth-order valence-electron chi connectivity index (χ4n) is 1.32. The van der Waals surface area contributed by atoms with Crippen LogP contribution in [0.3, 0.4) is 0 Å². The Hall–Kier alpha value is -0.250. The molecule has 0 amide bonds. The number of hydrogen-bond acceptors (Lipinski definition) is 1. The van der Waals surface area contributed by atoms with Gasteiger partial charge in [-0.3, -0.25) is 4.90 Å². The van der Waals surface area contributed by atoms with Gasteiger partial charge in [0.05, 0.1) is 0 Å². The largest absolute Gasteiger partial charge is 0.404 e. The minimum atomic E-state index is -4.02. The molecule has 0 aliphatic carbocycles. The summed E-state index contributed by atoms with van der Waals surface area (Å²) in [6.45, 7) is 4.57. The number of halogens is 3. The Kier molecular flexibility index (Phi) is 4.60. The highest BCUT2D eigenvalue weighted by molar-refractivity contribution is 4.82. The second-order valence-electron chi connectivity index (χ2n) is 2.68. The van der Waals surface area contributed by atoms with E-state index in [1.165, 1.54) is 11.9 Å². The highest BCUT2D eigenvalue weighted by Gasteiger charge is 2.44. The molecule has 0 saturated carbocycles. The molecule has 0 aromatic heterocycles. The summed E-state index contributed by atoms with van der Waals surface area (Å²) in [5.74, 6) is 0.